The molecule has 14 heavy (non-hydrogen) atoms. The first kappa shape index (κ1) is 9.06. The molecule has 0 saturated heterocycles. The maximum atomic E-state index is 10.9. The quantitative estimate of drug-likeness (QED) is 0.716. The molecule has 3 nitrogen and oxygen atoms in total. The van der Waals surface area contributed by atoms with Gasteiger partial charge in [0.15, 0.2) is 0 Å². The van der Waals surface area contributed by atoms with Crippen LogP contribution in [-0.2, 0) is 0 Å². The van der Waals surface area contributed by atoms with E-state index in [1.807, 2.05) is 12.1 Å². The van der Waals surface area contributed by atoms with Crippen molar-refractivity contribution in [2.24, 2.45) is 0 Å². The summed E-state index contributed by atoms with van der Waals surface area (Å²) in [5, 5.41) is 12.1. The fourth-order valence-corrected chi connectivity index (χ4v) is 1.93. The normalized spacial score (nSPS) is 19.6. The smallest absolute Gasteiger partial charge is 0.337 e. The third-order valence-corrected chi connectivity index (χ3v) is 2.74. The van der Waals surface area contributed by atoms with Crippen molar-refractivity contribution < 1.29 is 9.90 Å². The molecule has 1 aliphatic rings. The molecule has 1 heterocycles. The highest BCUT2D eigenvalue weighted by atomic mass is 16.4. The Balaban J connectivity index is 2.55. The van der Waals surface area contributed by atoms with E-state index in [1.165, 1.54) is 0 Å². The lowest BCUT2D eigenvalue weighted by atomic mass is 9.90. The number of rotatable bonds is 1. The maximum absolute atomic E-state index is 10.9. The molecule has 1 atom stereocenters. The van der Waals surface area contributed by atoms with Crippen LogP contribution in [-0.4, -0.2) is 17.6 Å². The van der Waals surface area contributed by atoms with Crippen LogP contribution in [0.15, 0.2) is 18.2 Å². The molecule has 1 aromatic rings. The van der Waals surface area contributed by atoms with E-state index in [4.69, 9.17) is 5.11 Å². The summed E-state index contributed by atoms with van der Waals surface area (Å²) in [4.78, 5) is 10.9. The standard InChI is InChI=1S/C11H13NO2/c1-7-5-6-12-10-8(7)3-2-4-9(10)11(13)14/h2-4,7,12H,5-6H2,1H3,(H,13,14)/t7-/m1/s1. The van der Waals surface area contributed by atoms with Gasteiger partial charge in [-0.1, -0.05) is 19.1 Å². The first-order chi connectivity index (χ1) is 6.70. The summed E-state index contributed by atoms with van der Waals surface area (Å²) in [5.41, 5.74) is 2.31. The van der Waals surface area contributed by atoms with Gasteiger partial charge in [0, 0.05) is 6.54 Å². The Kier molecular flexibility index (Phi) is 2.15. The molecule has 74 valence electrons. The van der Waals surface area contributed by atoms with Crippen LogP contribution in [0.1, 0.15) is 35.2 Å². The van der Waals surface area contributed by atoms with Crippen LogP contribution >= 0.6 is 0 Å². The van der Waals surface area contributed by atoms with E-state index >= 15 is 0 Å². The van der Waals surface area contributed by atoms with E-state index in [9.17, 15) is 4.79 Å². The summed E-state index contributed by atoms with van der Waals surface area (Å²) in [6.07, 6.45) is 1.07. The molecule has 0 radical (unpaired) electrons. The average Bonchev–Trinajstić information content (AvgIpc) is 2.17. The second-order valence-electron chi connectivity index (χ2n) is 3.69. The first-order valence-electron chi connectivity index (χ1n) is 4.80. The van der Waals surface area contributed by atoms with E-state index in [0.717, 1.165) is 24.2 Å². The minimum Gasteiger partial charge on any atom is -0.478 e. The molecular formula is C11H13NO2. The van der Waals surface area contributed by atoms with Crippen LogP contribution in [0.2, 0.25) is 0 Å². The third-order valence-electron chi connectivity index (χ3n) is 2.74. The third kappa shape index (κ3) is 1.35. The highest BCUT2D eigenvalue weighted by molar-refractivity contribution is 5.95. The van der Waals surface area contributed by atoms with Crippen LogP contribution in [0.3, 0.4) is 0 Å². The Morgan fingerprint density at radius 2 is 2.36 bits per heavy atom. The molecule has 0 unspecified atom stereocenters. The number of hydrogen-bond donors (Lipinski definition) is 2. The van der Waals surface area contributed by atoms with E-state index in [-0.39, 0.29) is 0 Å². The van der Waals surface area contributed by atoms with Gasteiger partial charge in [-0.3, -0.25) is 0 Å². The van der Waals surface area contributed by atoms with Gasteiger partial charge in [0.2, 0.25) is 0 Å². The molecule has 2 rings (SSSR count). The molecule has 0 saturated carbocycles. The zero-order chi connectivity index (χ0) is 10.1. The maximum Gasteiger partial charge on any atom is 0.337 e. The van der Waals surface area contributed by atoms with Crippen molar-refractivity contribution >= 4 is 11.7 Å². The monoisotopic (exact) mass is 191 g/mol. The lowest BCUT2D eigenvalue weighted by Crippen LogP contribution is -2.18. The number of para-hydroxylation sites is 1. The zero-order valence-electron chi connectivity index (χ0n) is 8.08. The van der Waals surface area contributed by atoms with Crippen molar-refractivity contribution in [2.45, 2.75) is 19.3 Å². The fourth-order valence-electron chi connectivity index (χ4n) is 1.93. The lowest BCUT2D eigenvalue weighted by Gasteiger charge is -2.24. The number of aromatic carboxylic acids is 1. The highest BCUT2D eigenvalue weighted by Gasteiger charge is 2.20. The number of carbonyl (C=O) groups is 1. The molecule has 0 aliphatic carbocycles. The van der Waals surface area contributed by atoms with Gasteiger partial charge in [0.05, 0.1) is 11.3 Å². The summed E-state index contributed by atoms with van der Waals surface area (Å²) >= 11 is 0. The minimum atomic E-state index is -0.858. The number of fused-ring (bicyclic) bond motifs is 1. The Hall–Kier alpha value is -1.51. The number of anilines is 1. The van der Waals surface area contributed by atoms with Gasteiger partial charge in [0.25, 0.3) is 0 Å². The van der Waals surface area contributed by atoms with Crippen LogP contribution in [0.5, 0.6) is 0 Å². The number of carboxylic acid groups (broad SMARTS) is 1. The molecule has 3 heteroatoms. The number of carboxylic acids is 1. The van der Waals surface area contributed by atoms with E-state index in [2.05, 4.69) is 12.2 Å². The van der Waals surface area contributed by atoms with Crippen molar-refractivity contribution in [2.75, 3.05) is 11.9 Å². The van der Waals surface area contributed by atoms with E-state index in [0.29, 0.717) is 11.5 Å². The van der Waals surface area contributed by atoms with Gasteiger partial charge in [-0.25, -0.2) is 4.79 Å². The molecule has 0 spiro atoms. The van der Waals surface area contributed by atoms with Crippen LogP contribution in [0, 0.1) is 0 Å². The molecule has 0 bridgehead atoms. The van der Waals surface area contributed by atoms with Crippen LogP contribution in [0.4, 0.5) is 5.69 Å². The summed E-state index contributed by atoms with van der Waals surface area (Å²) in [5.74, 6) is -0.408. The number of hydrogen-bond acceptors (Lipinski definition) is 2. The Morgan fingerprint density at radius 1 is 1.57 bits per heavy atom. The lowest BCUT2D eigenvalue weighted by molar-refractivity contribution is 0.0697. The number of nitrogens with one attached hydrogen (secondary N) is 1. The van der Waals surface area contributed by atoms with Gasteiger partial charge in [0.1, 0.15) is 0 Å². The van der Waals surface area contributed by atoms with E-state index < -0.39 is 5.97 Å². The van der Waals surface area contributed by atoms with Gasteiger partial charge in [-0.2, -0.15) is 0 Å². The van der Waals surface area contributed by atoms with Gasteiger partial charge >= 0.3 is 5.97 Å². The Labute approximate surface area is 82.8 Å². The summed E-state index contributed by atoms with van der Waals surface area (Å²) in [7, 11) is 0. The highest BCUT2D eigenvalue weighted by Crippen LogP contribution is 2.33. The molecule has 1 aliphatic heterocycles. The molecule has 0 fully saturated rings. The average molecular weight is 191 g/mol. The summed E-state index contributed by atoms with van der Waals surface area (Å²) in [6.45, 7) is 2.99. The van der Waals surface area contributed by atoms with Gasteiger partial charge in [-0.15, -0.1) is 0 Å². The second kappa shape index (κ2) is 3.33. The van der Waals surface area contributed by atoms with Crippen molar-refractivity contribution in [1.82, 2.24) is 0 Å². The van der Waals surface area contributed by atoms with E-state index in [1.54, 1.807) is 6.07 Å². The SMILES string of the molecule is C[C@@H]1CCNc2c(C(=O)O)cccc21. The Morgan fingerprint density at radius 3 is 3.07 bits per heavy atom. The predicted molar refractivity (Wildman–Crippen MR) is 54.9 cm³/mol. The summed E-state index contributed by atoms with van der Waals surface area (Å²) in [6, 6.07) is 5.45. The molecular weight excluding hydrogens is 178 g/mol. The minimum absolute atomic E-state index is 0.383. The fraction of sp³-hybridized carbons (Fsp3) is 0.364. The topological polar surface area (TPSA) is 49.3 Å². The first-order valence-corrected chi connectivity index (χ1v) is 4.80. The largest absolute Gasteiger partial charge is 0.478 e. The number of benzene rings is 1. The summed E-state index contributed by atoms with van der Waals surface area (Å²) < 4.78 is 0. The molecule has 1 aromatic carbocycles. The van der Waals surface area contributed by atoms with Gasteiger partial charge in [-0.05, 0) is 24.0 Å². The van der Waals surface area contributed by atoms with Crippen molar-refractivity contribution in [3.05, 3.63) is 29.3 Å². The van der Waals surface area contributed by atoms with Gasteiger partial charge < -0.3 is 10.4 Å². The van der Waals surface area contributed by atoms with Crippen molar-refractivity contribution in [1.29, 1.82) is 0 Å². The van der Waals surface area contributed by atoms with Crippen molar-refractivity contribution in [3.8, 4) is 0 Å². The van der Waals surface area contributed by atoms with Crippen LogP contribution in [0.25, 0.3) is 0 Å². The second-order valence-corrected chi connectivity index (χ2v) is 3.69. The van der Waals surface area contributed by atoms with Crippen molar-refractivity contribution in [3.63, 3.8) is 0 Å². The zero-order valence-corrected chi connectivity index (χ0v) is 8.08. The molecule has 0 amide bonds. The molecule has 2 N–H and O–H groups in total. The Bertz CT molecular complexity index is 374. The van der Waals surface area contributed by atoms with Crippen LogP contribution < -0.4 is 5.32 Å². The predicted octanol–water partition coefficient (Wildman–Crippen LogP) is 2.30. The molecule has 0 aromatic heterocycles.